The van der Waals surface area contributed by atoms with E-state index in [0.717, 1.165) is 5.56 Å². The van der Waals surface area contributed by atoms with E-state index < -0.39 is 10.0 Å². The first kappa shape index (κ1) is 19.8. The number of amides is 1. The van der Waals surface area contributed by atoms with E-state index in [0.29, 0.717) is 37.5 Å². The van der Waals surface area contributed by atoms with Crippen LogP contribution in [0.25, 0.3) is 0 Å². The number of pyridine rings is 1. The summed E-state index contributed by atoms with van der Waals surface area (Å²) in [6.45, 7) is 1.47. The van der Waals surface area contributed by atoms with Crippen molar-refractivity contribution >= 4 is 21.7 Å². The van der Waals surface area contributed by atoms with E-state index in [1.165, 1.54) is 12.1 Å². The molecular weight excluding hydrogens is 356 g/mol. The monoisotopic (exact) mass is 378 g/mol. The van der Waals surface area contributed by atoms with Gasteiger partial charge in [0, 0.05) is 32.0 Å². The number of benzene rings is 1. The molecule has 0 fully saturated rings. The molecule has 9 heteroatoms. The number of anilines is 1. The van der Waals surface area contributed by atoms with E-state index in [1.54, 1.807) is 37.6 Å². The zero-order chi connectivity index (χ0) is 19.0. The van der Waals surface area contributed by atoms with Crippen molar-refractivity contribution in [1.29, 1.82) is 0 Å². The molecule has 0 aliphatic rings. The van der Waals surface area contributed by atoms with Crippen LogP contribution >= 0.6 is 0 Å². The summed E-state index contributed by atoms with van der Waals surface area (Å²) in [5.74, 6) is 0.400. The van der Waals surface area contributed by atoms with Gasteiger partial charge in [-0.05, 0) is 36.2 Å². The fourth-order valence-electron chi connectivity index (χ4n) is 2.22. The lowest BCUT2D eigenvalue weighted by Crippen LogP contribution is -2.27. The molecule has 0 spiro atoms. The Labute approximate surface area is 152 Å². The maximum Gasteiger partial charge on any atom is 0.251 e. The van der Waals surface area contributed by atoms with Crippen LogP contribution < -0.4 is 15.8 Å². The third-order valence-electron chi connectivity index (χ3n) is 3.59. The summed E-state index contributed by atoms with van der Waals surface area (Å²) in [6.07, 6.45) is 2.23. The Hall–Kier alpha value is -2.49. The van der Waals surface area contributed by atoms with Gasteiger partial charge in [-0.25, -0.2) is 18.5 Å². The van der Waals surface area contributed by atoms with Crippen LogP contribution in [-0.2, 0) is 21.2 Å². The standard InChI is InChI=1S/C17H22N4O4S/c1-25-11-10-21-17(22)14-7-9-20-16(12-14)19-8-6-13-2-4-15(5-3-13)26(18,23)24/h2-5,7,9,12H,6,8,10-11H2,1H3,(H,19,20)(H,21,22)(H2,18,23,24). The van der Waals surface area contributed by atoms with Crippen molar-refractivity contribution in [3.63, 3.8) is 0 Å². The molecule has 1 aromatic carbocycles. The topological polar surface area (TPSA) is 123 Å². The molecule has 0 aliphatic heterocycles. The Morgan fingerprint density at radius 3 is 2.58 bits per heavy atom. The van der Waals surface area contributed by atoms with Gasteiger partial charge in [0.1, 0.15) is 5.82 Å². The van der Waals surface area contributed by atoms with Crippen LogP contribution in [0.2, 0.25) is 0 Å². The molecule has 0 atom stereocenters. The molecule has 26 heavy (non-hydrogen) atoms. The van der Waals surface area contributed by atoms with Crippen molar-refractivity contribution in [2.24, 2.45) is 5.14 Å². The maximum absolute atomic E-state index is 12.0. The molecule has 0 bridgehead atoms. The summed E-state index contributed by atoms with van der Waals surface area (Å²) < 4.78 is 27.4. The van der Waals surface area contributed by atoms with Crippen molar-refractivity contribution in [1.82, 2.24) is 10.3 Å². The van der Waals surface area contributed by atoms with E-state index in [2.05, 4.69) is 15.6 Å². The second-order valence-electron chi connectivity index (χ2n) is 5.54. The molecule has 2 rings (SSSR count). The predicted molar refractivity (Wildman–Crippen MR) is 98.5 cm³/mol. The zero-order valence-corrected chi connectivity index (χ0v) is 15.3. The van der Waals surface area contributed by atoms with Gasteiger partial charge in [-0.15, -0.1) is 0 Å². The number of hydrogen-bond acceptors (Lipinski definition) is 6. The molecule has 0 unspecified atom stereocenters. The number of ether oxygens (including phenoxy) is 1. The second-order valence-corrected chi connectivity index (χ2v) is 7.11. The van der Waals surface area contributed by atoms with Gasteiger partial charge in [0.15, 0.2) is 0 Å². The summed E-state index contributed by atoms with van der Waals surface area (Å²) in [5.41, 5.74) is 1.47. The van der Waals surface area contributed by atoms with Crippen molar-refractivity contribution in [3.8, 4) is 0 Å². The van der Waals surface area contributed by atoms with E-state index in [9.17, 15) is 13.2 Å². The summed E-state index contributed by atoms with van der Waals surface area (Å²) in [6, 6.07) is 9.70. The van der Waals surface area contributed by atoms with E-state index in [-0.39, 0.29) is 10.8 Å². The lowest BCUT2D eigenvalue weighted by Gasteiger charge is -2.08. The molecule has 140 valence electrons. The third-order valence-corrected chi connectivity index (χ3v) is 4.51. The Morgan fingerprint density at radius 1 is 1.19 bits per heavy atom. The molecular formula is C17H22N4O4S. The fraction of sp³-hybridized carbons (Fsp3) is 0.294. The molecule has 1 aromatic heterocycles. The predicted octanol–water partition coefficient (Wildman–Crippen LogP) is 0.760. The van der Waals surface area contributed by atoms with Crippen LogP contribution in [0.5, 0.6) is 0 Å². The normalized spacial score (nSPS) is 11.2. The lowest BCUT2D eigenvalue weighted by atomic mass is 10.1. The number of nitrogens with one attached hydrogen (secondary N) is 2. The van der Waals surface area contributed by atoms with Gasteiger partial charge in [0.25, 0.3) is 5.91 Å². The molecule has 1 heterocycles. The Kier molecular flexibility index (Phi) is 7.07. The molecule has 0 aliphatic carbocycles. The lowest BCUT2D eigenvalue weighted by molar-refractivity contribution is 0.0937. The first-order chi connectivity index (χ1) is 12.4. The van der Waals surface area contributed by atoms with Crippen LogP contribution in [-0.4, -0.2) is 46.1 Å². The number of sulfonamides is 1. The van der Waals surface area contributed by atoms with E-state index in [4.69, 9.17) is 9.88 Å². The highest BCUT2D eigenvalue weighted by Gasteiger charge is 2.08. The fourth-order valence-corrected chi connectivity index (χ4v) is 2.73. The Morgan fingerprint density at radius 2 is 1.92 bits per heavy atom. The average molecular weight is 378 g/mol. The Bertz CT molecular complexity index is 838. The van der Waals surface area contributed by atoms with Gasteiger partial charge >= 0.3 is 0 Å². The molecule has 4 N–H and O–H groups in total. The molecule has 8 nitrogen and oxygen atoms in total. The van der Waals surface area contributed by atoms with Crippen LogP contribution in [0.4, 0.5) is 5.82 Å². The highest BCUT2D eigenvalue weighted by atomic mass is 32.2. The molecule has 0 saturated heterocycles. The second kappa shape index (κ2) is 9.27. The minimum absolute atomic E-state index is 0.0862. The third kappa shape index (κ3) is 6.10. The maximum atomic E-state index is 12.0. The van der Waals surface area contributed by atoms with Crippen LogP contribution in [0.15, 0.2) is 47.5 Å². The Balaban J connectivity index is 1.88. The minimum atomic E-state index is -3.68. The average Bonchev–Trinajstić information content (AvgIpc) is 2.62. The molecule has 2 aromatic rings. The summed E-state index contributed by atoms with van der Waals surface area (Å²) in [4.78, 5) is 16.3. The summed E-state index contributed by atoms with van der Waals surface area (Å²) >= 11 is 0. The van der Waals surface area contributed by atoms with Gasteiger partial charge in [0.05, 0.1) is 11.5 Å². The number of aromatic nitrogens is 1. The number of primary sulfonamides is 1. The smallest absolute Gasteiger partial charge is 0.251 e. The van der Waals surface area contributed by atoms with E-state index in [1.807, 2.05) is 0 Å². The van der Waals surface area contributed by atoms with Crippen molar-refractivity contribution < 1.29 is 17.9 Å². The number of nitrogens with zero attached hydrogens (tertiary/aromatic N) is 1. The van der Waals surface area contributed by atoms with Crippen LogP contribution in [0.3, 0.4) is 0 Å². The number of carbonyl (C=O) groups excluding carboxylic acids is 1. The van der Waals surface area contributed by atoms with Gasteiger partial charge in [-0.1, -0.05) is 12.1 Å². The molecule has 0 saturated carbocycles. The van der Waals surface area contributed by atoms with Gasteiger partial charge in [0.2, 0.25) is 10.0 Å². The van der Waals surface area contributed by atoms with Crippen LogP contribution in [0, 0.1) is 0 Å². The number of rotatable bonds is 9. The number of hydrogen-bond donors (Lipinski definition) is 3. The van der Waals surface area contributed by atoms with Crippen molar-refractivity contribution in [2.75, 3.05) is 32.1 Å². The number of nitrogens with two attached hydrogens (primary N) is 1. The number of methoxy groups -OCH3 is 1. The first-order valence-electron chi connectivity index (χ1n) is 7.99. The van der Waals surface area contributed by atoms with Crippen LogP contribution in [0.1, 0.15) is 15.9 Å². The van der Waals surface area contributed by atoms with Crippen molar-refractivity contribution in [2.45, 2.75) is 11.3 Å². The van der Waals surface area contributed by atoms with Gasteiger partial charge in [-0.3, -0.25) is 4.79 Å². The highest BCUT2D eigenvalue weighted by molar-refractivity contribution is 7.89. The summed E-state index contributed by atoms with van der Waals surface area (Å²) in [5, 5.41) is 11.0. The van der Waals surface area contributed by atoms with Gasteiger partial charge in [-0.2, -0.15) is 0 Å². The largest absolute Gasteiger partial charge is 0.383 e. The van der Waals surface area contributed by atoms with E-state index >= 15 is 0 Å². The number of carbonyl (C=O) groups is 1. The van der Waals surface area contributed by atoms with Gasteiger partial charge < -0.3 is 15.4 Å². The molecule has 1 amide bonds. The highest BCUT2D eigenvalue weighted by Crippen LogP contribution is 2.10. The zero-order valence-electron chi connectivity index (χ0n) is 14.4. The first-order valence-corrected chi connectivity index (χ1v) is 9.53. The van der Waals surface area contributed by atoms with Crippen molar-refractivity contribution in [3.05, 3.63) is 53.7 Å². The minimum Gasteiger partial charge on any atom is -0.383 e. The quantitative estimate of drug-likeness (QED) is 0.554. The SMILES string of the molecule is COCCNC(=O)c1ccnc(NCCc2ccc(S(N)(=O)=O)cc2)c1. The summed E-state index contributed by atoms with van der Waals surface area (Å²) in [7, 11) is -2.10. The molecule has 0 radical (unpaired) electrons.